The fraction of sp³-hybridized carbons (Fsp3) is 0.227. The van der Waals surface area contributed by atoms with E-state index in [1.807, 2.05) is 24.3 Å². The Balaban J connectivity index is 1.78. The normalized spacial score (nSPS) is 15.1. The van der Waals surface area contributed by atoms with Crippen LogP contribution in [0, 0.1) is 5.95 Å². The molecule has 5 heterocycles. The highest BCUT2D eigenvalue weighted by atomic mass is 19.1. The van der Waals surface area contributed by atoms with Crippen LogP contribution >= 0.6 is 0 Å². The van der Waals surface area contributed by atoms with Crippen molar-refractivity contribution in [2.45, 2.75) is 0 Å². The molecular formula is C22H22FN7. The van der Waals surface area contributed by atoms with E-state index in [4.69, 9.17) is 5.73 Å². The number of aromatic nitrogens is 4. The SMILES string of the molecule is CN1CCN(c2cc(F)nc3c(-c4ccccn4)c(-c4ccnc(N)c4)[nH]c23)CC1. The number of pyridine rings is 3. The lowest BCUT2D eigenvalue weighted by Gasteiger charge is -2.34. The molecule has 0 radical (unpaired) electrons. The van der Waals surface area contributed by atoms with Gasteiger partial charge >= 0.3 is 0 Å². The second kappa shape index (κ2) is 7.38. The van der Waals surface area contributed by atoms with E-state index in [1.165, 1.54) is 6.07 Å². The lowest BCUT2D eigenvalue weighted by atomic mass is 10.0. The third-order valence-corrected chi connectivity index (χ3v) is 5.54. The molecule has 3 N–H and O–H groups in total. The van der Waals surface area contributed by atoms with Gasteiger partial charge in [0.1, 0.15) is 11.3 Å². The number of halogens is 1. The number of nitrogens with zero attached hydrogens (tertiary/aromatic N) is 5. The summed E-state index contributed by atoms with van der Waals surface area (Å²) in [5.74, 6) is -0.0926. The standard InChI is InChI=1S/C22H22FN7/c1-29-8-10-30(11-9-29)16-13-17(23)27-22-19(15-4-2-3-6-25-15)20(28-21(16)22)14-5-7-26-18(24)12-14/h2-7,12-13,28H,8-11H2,1H3,(H2,24,26). The van der Waals surface area contributed by atoms with Crippen LogP contribution in [-0.4, -0.2) is 58.1 Å². The maximum absolute atomic E-state index is 14.7. The smallest absolute Gasteiger partial charge is 0.215 e. The van der Waals surface area contributed by atoms with Crippen LogP contribution in [0.15, 0.2) is 48.8 Å². The number of hydrogen-bond donors (Lipinski definition) is 2. The Kier molecular flexibility index (Phi) is 4.55. The fourth-order valence-electron chi connectivity index (χ4n) is 3.99. The summed E-state index contributed by atoms with van der Waals surface area (Å²) in [6.07, 6.45) is 3.38. The van der Waals surface area contributed by atoms with Crippen LogP contribution in [0.4, 0.5) is 15.9 Å². The van der Waals surface area contributed by atoms with Crippen molar-refractivity contribution in [1.29, 1.82) is 0 Å². The van der Waals surface area contributed by atoms with Crippen LogP contribution in [0.5, 0.6) is 0 Å². The van der Waals surface area contributed by atoms with Gasteiger partial charge in [-0.3, -0.25) is 4.98 Å². The Morgan fingerprint density at radius 2 is 1.87 bits per heavy atom. The number of fused-ring (bicyclic) bond motifs is 1. The van der Waals surface area contributed by atoms with Crippen LogP contribution < -0.4 is 10.6 Å². The number of H-pyrrole nitrogens is 1. The molecule has 0 spiro atoms. The van der Waals surface area contributed by atoms with Gasteiger partial charge in [0.05, 0.1) is 28.2 Å². The number of hydrogen-bond acceptors (Lipinski definition) is 6. The van der Waals surface area contributed by atoms with Gasteiger partial charge < -0.3 is 20.5 Å². The zero-order valence-corrected chi connectivity index (χ0v) is 16.6. The van der Waals surface area contributed by atoms with Gasteiger partial charge in [0.15, 0.2) is 0 Å². The first kappa shape index (κ1) is 18.5. The Morgan fingerprint density at radius 3 is 2.60 bits per heavy atom. The number of likely N-dealkylation sites (N-methyl/N-ethyl adjacent to an activating group) is 1. The van der Waals surface area contributed by atoms with Crippen molar-refractivity contribution in [1.82, 2.24) is 24.8 Å². The summed E-state index contributed by atoms with van der Waals surface area (Å²) in [6, 6.07) is 10.8. The molecule has 0 amide bonds. The van der Waals surface area contributed by atoms with Crippen LogP contribution in [0.25, 0.3) is 33.5 Å². The summed E-state index contributed by atoms with van der Waals surface area (Å²) in [7, 11) is 2.10. The largest absolute Gasteiger partial charge is 0.384 e. The van der Waals surface area contributed by atoms with E-state index in [9.17, 15) is 4.39 Å². The van der Waals surface area contributed by atoms with Crippen molar-refractivity contribution >= 4 is 22.5 Å². The highest BCUT2D eigenvalue weighted by molar-refractivity contribution is 6.05. The van der Waals surface area contributed by atoms with Crippen molar-refractivity contribution in [3.05, 3.63) is 54.7 Å². The molecule has 5 rings (SSSR count). The minimum atomic E-state index is -0.506. The Labute approximate surface area is 173 Å². The molecule has 1 aliphatic rings. The average molecular weight is 403 g/mol. The summed E-state index contributed by atoms with van der Waals surface area (Å²) in [6.45, 7) is 3.50. The number of nitrogens with two attached hydrogens (primary N) is 1. The van der Waals surface area contributed by atoms with Crippen molar-refractivity contribution in [2.24, 2.45) is 0 Å². The monoisotopic (exact) mass is 403 g/mol. The molecule has 1 fully saturated rings. The predicted octanol–water partition coefficient (Wildman–Crippen LogP) is 3.16. The molecule has 8 heteroatoms. The number of anilines is 2. The molecule has 1 aliphatic heterocycles. The quantitative estimate of drug-likeness (QED) is 0.511. The Bertz CT molecular complexity index is 1200. The first-order valence-electron chi connectivity index (χ1n) is 9.89. The van der Waals surface area contributed by atoms with Crippen LogP contribution in [-0.2, 0) is 0 Å². The minimum absolute atomic E-state index is 0.413. The molecule has 30 heavy (non-hydrogen) atoms. The molecule has 0 aliphatic carbocycles. The fourth-order valence-corrected chi connectivity index (χ4v) is 3.99. The summed E-state index contributed by atoms with van der Waals surface area (Å²) in [5, 5.41) is 0. The van der Waals surface area contributed by atoms with Crippen LogP contribution in [0.3, 0.4) is 0 Å². The number of piperazine rings is 1. The molecule has 0 bridgehead atoms. The molecular weight excluding hydrogens is 381 g/mol. The van der Waals surface area contributed by atoms with E-state index in [0.29, 0.717) is 11.3 Å². The molecule has 7 nitrogen and oxygen atoms in total. The van der Waals surface area contributed by atoms with Gasteiger partial charge in [-0.2, -0.15) is 4.39 Å². The lowest BCUT2D eigenvalue weighted by molar-refractivity contribution is 0.313. The maximum atomic E-state index is 14.7. The van der Waals surface area contributed by atoms with E-state index in [-0.39, 0.29) is 0 Å². The highest BCUT2D eigenvalue weighted by Crippen LogP contribution is 2.40. The lowest BCUT2D eigenvalue weighted by Crippen LogP contribution is -2.44. The van der Waals surface area contributed by atoms with Gasteiger partial charge in [-0.15, -0.1) is 0 Å². The van der Waals surface area contributed by atoms with Crippen molar-refractivity contribution in [3.8, 4) is 22.5 Å². The van der Waals surface area contributed by atoms with Crippen LogP contribution in [0.1, 0.15) is 0 Å². The van der Waals surface area contributed by atoms with E-state index < -0.39 is 5.95 Å². The van der Waals surface area contributed by atoms with Crippen molar-refractivity contribution in [3.63, 3.8) is 0 Å². The van der Waals surface area contributed by atoms with Gasteiger partial charge in [0, 0.05) is 50.2 Å². The second-order valence-electron chi connectivity index (χ2n) is 7.54. The van der Waals surface area contributed by atoms with E-state index in [1.54, 1.807) is 18.5 Å². The van der Waals surface area contributed by atoms with Crippen molar-refractivity contribution < 1.29 is 4.39 Å². The van der Waals surface area contributed by atoms with Crippen molar-refractivity contribution in [2.75, 3.05) is 43.9 Å². The number of nitrogen functional groups attached to an aromatic ring is 1. The summed E-state index contributed by atoms with van der Waals surface area (Å²) in [4.78, 5) is 20.9. The third kappa shape index (κ3) is 3.25. The average Bonchev–Trinajstić information content (AvgIpc) is 3.14. The molecule has 0 unspecified atom stereocenters. The summed E-state index contributed by atoms with van der Waals surface area (Å²) < 4.78 is 14.7. The first-order chi connectivity index (χ1) is 14.6. The second-order valence-corrected chi connectivity index (χ2v) is 7.54. The number of rotatable bonds is 3. The number of nitrogens with one attached hydrogen (secondary N) is 1. The third-order valence-electron chi connectivity index (χ3n) is 5.54. The summed E-state index contributed by atoms with van der Waals surface area (Å²) >= 11 is 0. The van der Waals surface area contributed by atoms with Crippen LogP contribution in [0.2, 0.25) is 0 Å². The molecule has 1 saturated heterocycles. The Morgan fingerprint density at radius 1 is 1.03 bits per heavy atom. The first-order valence-corrected chi connectivity index (χ1v) is 9.89. The molecule has 4 aromatic heterocycles. The molecule has 0 aromatic carbocycles. The maximum Gasteiger partial charge on any atom is 0.215 e. The zero-order valence-electron chi connectivity index (χ0n) is 16.6. The van der Waals surface area contributed by atoms with Gasteiger partial charge in [-0.05, 0) is 31.3 Å². The van der Waals surface area contributed by atoms with E-state index in [0.717, 1.165) is 59.9 Å². The predicted molar refractivity (Wildman–Crippen MR) is 117 cm³/mol. The van der Waals surface area contributed by atoms with Gasteiger partial charge in [0.25, 0.3) is 0 Å². The zero-order chi connectivity index (χ0) is 20.7. The van der Waals surface area contributed by atoms with E-state index in [2.05, 4.69) is 36.8 Å². The highest BCUT2D eigenvalue weighted by Gasteiger charge is 2.24. The molecule has 4 aromatic rings. The molecule has 0 saturated carbocycles. The van der Waals surface area contributed by atoms with Gasteiger partial charge in [-0.1, -0.05) is 6.07 Å². The Hall–Kier alpha value is -3.52. The topological polar surface area (TPSA) is 87.0 Å². The van der Waals surface area contributed by atoms with Gasteiger partial charge in [-0.25, -0.2) is 9.97 Å². The minimum Gasteiger partial charge on any atom is -0.384 e. The van der Waals surface area contributed by atoms with E-state index >= 15 is 0 Å². The molecule has 152 valence electrons. The number of aromatic amines is 1. The van der Waals surface area contributed by atoms with Gasteiger partial charge in [0.2, 0.25) is 5.95 Å². The summed E-state index contributed by atoms with van der Waals surface area (Å²) in [5.41, 5.74) is 11.2. The molecule has 0 atom stereocenters.